The van der Waals surface area contributed by atoms with E-state index in [1.165, 1.54) is 0 Å². The van der Waals surface area contributed by atoms with Crippen molar-refractivity contribution in [3.8, 4) is 0 Å². The second-order valence-corrected chi connectivity index (χ2v) is 15.4. The predicted octanol–water partition coefficient (Wildman–Crippen LogP) is 8.21. The number of rotatable bonds is 14. The third-order valence-corrected chi connectivity index (χ3v) is 12.1. The minimum Gasteiger partial charge on any atom is -0.299 e. The topological polar surface area (TPSA) is 60.4 Å². The van der Waals surface area contributed by atoms with Gasteiger partial charge in [-0.05, 0) is 12.7 Å². The first-order valence-electron chi connectivity index (χ1n) is 10.9. The zero-order valence-corrected chi connectivity index (χ0v) is 23.3. The van der Waals surface area contributed by atoms with E-state index in [1.807, 2.05) is 0 Å². The molecule has 0 heterocycles. The Bertz CT molecular complexity index is 1090. The average molecular weight is 702 g/mol. The van der Waals surface area contributed by atoms with Gasteiger partial charge in [-0.15, -0.1) is 10.3 Å². The maximum Gasteiger partial charge on any atom is 0.460 e. The molecule has 0 saturated carbocycles. The summed E-state index contributed by atoms with van der Waals surface area (Å²) in [5.41, 5.74) is 0. The summed E-state index contributed by atoms with van der Waals surface area (Å²) in [6.45, 7) is 4.40. The van der Waals surface area contributed by atoms with Crippen molar-refractivity contribution in [3.05, 3.63) is 0 Å². The monoisotopic (exact) mass is 702 g/mol. The molecule has 1 atom stereocenters. The first-order chi connectivity index (χ1) is 17.9. The van der Waals surface area contributed by atoms with E-state index >= 15 is 0 Å². The number of ketones is 1. The number of alkyl halides is 17. The van der Waals surface area contributed by atoms with Crippen LogP contribution in [0.5, 0.6) is 0 Å². The number of hydrogen-bond donors (Lipinski definition) is 0. The van der Waals surface area contributed by atoms with E-state index in [4.69, 9.17) is 0 Å². The van der Waals surface area contributed by atoms with Gasteiger partial charge in [0.25, 0.3) is 0 Å². The number of Topliss-reactive ketones (excluding diaryl/α,β-unsaturated/α-hetero) is 1. The third-order valence-electron chi connectivity index (χ3n) is 5.79. The maximum absolute atomic E-state index is 14.5. The minimum absolute atomic E-state index is 0.104. The fourth-order valence-electron chi connectivity index (χ4n) is 2.64. The van der Waals surface area contributed by atoms with E-state index in [0.29, 0.717) is 12.7 Å². The van der Waals surface area contributed by atoms with Gasteiger partial charge in [-0.25, -0.2) is 3.63 Å². The van der Waals surface area contributed by atoms with Gasteiger partial charge < -0.3 is 0 Å². The Labute approximate surface area is 228 Å². The lowest BCUT2D eigenvalue weighted by molar-refractivity contribution is -0.458. The largest absolute Gasteiger partial charge is 0.460 e. The van der Waals surface area contributed by atoms with Crippen molar-refractivity contribution in [1.29, 1.82) is 0 Å². The number of halogens is 17. The molecule has 0 aromatic heterocycles. The Balaban J connectivity index is 7.05. The highest BCUT2D eigenvalue weighted by Gasteiger charge is 2.96. The van der Waals surface area contributed by atoms with E-state index < -0.39 is 83.7 Å². The van der Waals surface area contributed by atoms with Gasteiger partial charge in [0.15, 0.2) is 0 Å². The normalized spacial score (nSPS) is 18.0. The lowest BCUT2D eigenvalue weighted by Gasteiger charge is -2.46. The predicted molar refractivity (Wildman–Crippen MR) is 113 cm³/mol. The Morgan fingerprint density at radius 3 is 1.26 bits per heavy atom. The van der Waals surface area contributed by atoms with Crippen LogP contribution in [-0.2, 0) is 18.5 Å². The van der Waals surface area contributed by atoms with Crippen molar-refractivity contribution in [1.82, 2.24) is 0 Å². The summed E-state index contributed by atoms with van der Waals surface area (Å²) in [5.74, 6) is -54.3. The van der Waals surface area contributed by atoms with Crippen molar-refractivity contribution in [2.75, 3.05) is 12.0 Å². The highest BCUT2D eigenvalue weighted by molar-refractivity contribution is 8.33. The molecule has 4 nitrogen and oxygen atoms in total. The Kier molecular flexibility index (Phi) is 10.9. The summed E-state index contributed by atoms with van der Waals surface area (Å²) >= 11 is 0. The number of carbonyl (C=O) groups excluding carboxylic acids is 1. The molecule has 0 aromatic rings. The standard InChI is InChI=1S/C19H23F17O4S2/c1-6-7-8-10(37)9-41(5,11(2,3)4)40-42(38,39)19(35,36)17(30,31)15(26,27)13(22,23)12(20,21)14(24,25)16(28,29)18(32,33)34/h6-9H2,1-5H3. The van der Waals surface area contributed by atoms with Crippen LogP contribution in [0.15, 0.2) is 0 Å². The summed E-state index contributed by atoms with van der Waals surface area (Å²) in [5, 5.41) is -7.79. The molecule has 0 aliphatic carbocycles. The van der Waals surface area contributed by atoms with E-state index in [2.05, 4.69) is 3.63 Å². The van der Waals surface area contributed by atoms with Crippen LogP contribution in [0.25, 0.3) is 0 Å². The molecule has 1 unspecified atom stereocenters. The molecule has 23 heteroatoms. The van der Waals surface area contributed by atoms with Crippen molar-refractivity contribution in [2.24, 2.45) is 0 Å². The molecule has 0 aliphatic rings. The summed E-state index contributed by atoms with van der Waals surface area (Å²) in [4.78, 5) is 12.1. The summed E-state index contributed by atoms with van der Waals surface area (Å²) in [7, 11) is -11.8. The van der Waals surface area contributed by atoms with Gasteiger partial charge >= 0.3 is 57.1 Å². The molecule has 0 amide bonds. The fourth-order valence-corrected chi connectivity index (χ4v) is 7.21. The third kappa shape index (κ3) is 6.15. The van der Waals surface area contributed by atoms with Gasteiger partial charge in [-0.3, -0.25) is 4.79 Å². The quantitative estimate of drug-likeness (QED) is 0.171. The molecular formula is C19H23F17O4S2. The molecule has 42 heavy (non-hydrogen) atoms. The SMILES string of the molecule is CCCCC(=O)CS(C)(OS(=O)(=O)C(F)(F)C(F)(F)C(F)(F)C(F)(F)C(F)(F)C(F)(F)C(F)(F)C(F)(F)F)C(C)(C)C. The van der Waals surface area contributed by atoms with Crippen LogP contribution >= 0.6 is 10.3 Å². The van der Waals surface area contributed by atoms with E-state index in [1.54, 1.807) is 6.92 Å². The van der Waals surface area contributed by atoms with Crippen LogP contribution in [0, 0.1) is 0 Å². The smallest absolute Gasteiger partial charge is 0.299 e. The molecule has 0 aromatic carbocycles. The first kappa shape index (κ1) is 40.7. The summed E-state index contributed by atoms with van der Waals surface area (Å²) in [6, 6.07) is 0. The number of unbranched alkanes of at least 4 members (excludes halogenated alkanes) is 1. The summed E-state index contributed by atoms with van der Waals surface area (Å²) in [6.07, 6.45) is -7.31. The van der Waals surface area contributed by atoms with Crippen molar-refractivity contribution >= 4 is 26.2 Å². The lowest BCUT2D eigenvalue weighted by atomic mass is 9.91. The molecule has 0 spiro atoms. The van der Waals surface area contributed by atoms with Crippen molar-refractivity contribution in [3.63, 3.8) is 0 Å². The van der Waals surface area contributed by atoms with Crippen LogP contribution < -0.4 is 0 Å². The number of hydrogen-bond acceptors (Lipinski definition) is 4. The molecule has 0 bridgehead atoms. The van der Waals surface area contributed by atoms with Crippen LogP contribution in [0.1, 0.15) is 47.0 Å². The molecule has 0 rings (SSSR count). The Hall–Kier alpha value is -1.26. The lowest BCUT2D eigenvalue weighted by Crippen LogP contribution is -2.75. The highest BCUT2D eigenvalue weighted by atomic mass is 32.3. The molecule has 0 aliphatic heterocycles. The zero-order chi connectivity index (χ0) is 34.6. The molecule has 0 fully saturated rings. The van der Waals surface area contributed by atoms with Crippen LogP contribution in [0.3, 0.4) is 0 Å². The van der Waals surface area contributed by atoms with E-state index in [-0.39, 0.29) is 12.8 Å². The second-order valence-electron chi connectivity index (χ2n) is 9.89. The van der Waals surface area contributed by atoms with Gasteiger partial charge in [-0.2, -0.15) is 83.1 Å². The van der Waals surface area contributed by atoms with Gasteiger partial charge in [0, 0.05) is 11.2 Å². The molecule has 0 radical (unpaired) electrons. The van der Waals surface area contributed by atoms with Crippen molar-refractivity contribution in [2.45, 2.75) is 98.7 Å². The van der Waals surface area contributed by atoms with Crippen LogP contribution in [0.2, 0.25) is 0 Å². The van der Waals surface area contributed by atoms with Crippen molar-refractivity contribution < 1.29 is 91.5 Å². The first-order valence-corrected chi connectivity index (χ1v) is 14.4. The van der Waals surface area contributed by atoms with Gasteiger partial charge in [-0.1, -0.05) is 34.1 Å². The molecule has 0 saturated heterocycles. The van der Waals surface area contributed by atoms with Gasteiger partial charge in [0.2, 0.25) is 0 Å². The van der Waals surface area contributed by atoms with Crippen LogP contribution in [0.4, 0.5) is 74.6 Å². The number of carbonyl (C=O) groups is 1. The highest BCUT2D eigenvalue weighted by Crippen LogP contribution is 2.66. The average Bonchev–Trinajstić information content (AvgIpc) is 2.74. The fraction of sp³-hybridized carbons (Fsp3) is 0.947. The molecular weight excluding hydrogens is 679 g/mol. The van der Waals surface area contributed by atoms with E-state index in [9.17, 15) is 87.8 Å². The van der Waals surface area contributed by atoms with Gasteiger partial charge in [0.05, 0.1) is 5.75 Å². The van der Waals surface area contributed by atoms with Crippen LogP contribution in [-0.4, -0.2) is 77.9 Å². The maximum atomic E-state index is 14.5. The Morgan fingerprint density at radius 1 is 0.619 bits per heavy atom. The van der Waals surface area contributed by atoms with E-state index in [0.717, 1.165) is 20.8 Å². The van der Waals surface area contributed by atoms with Gasteiger partial charge in [0.1, 0.15) is 5.78 Å². The molecule has 0 N–H and O–H groups in total. The summed E-state index contributed by atoms with van der Waals surface area (Å²) < 4.78 is 256. The minimum atomic E-state index is -8.93. The zero-order valence-electron chi connectivity index (χ0n) is 21.7. The Morgan fingerprint density at radius 2 is 0.952 bits per heavy atom. The second kappa shape index (κ2) is 11.3. The molecule has 254 valence electrons.